The first kappa shape index (κ1) is 18.7. The molecule has 0 saturated carbocycles. The molecule has 0 aliphatic carbocycles. The Morgan fingerprint density at radius 1 is 1.04 bits per heavy atom. The number of aromatic nitrogens is 2. The van der Waals surface area contributed by atoms with Crippen molar-refractivity contribution in [2.75, 3.05) is 13.1 Å². The van der Waals surface area contributed by atoms with Gasteiger partial charge in [0, 0.05) is 32.6 Å². The van der Waals surface area contributed by atoms with Crippen LogP contribution in [0.1, 0.15) is 38.2 Å². The fourth-order valence-electron chi connectivity index (χ4n) is 2.50. The van der Waals surface area contributed by atoms with Gasteiger partial charge in [-0.25, -0.2) is 4.68 Å². The van der Waals surface area contributed by atoms with E-state index in [0.29, 0.717) is 19.5 Å². The van der Waals surface area contributed by atoms with Crippen LogP contribution < -0.4 is 10.6 Å². The van der Waals surface area contributed by atoms with Gasteiger partial charge in [-0.1, -0.05) is 24.6 Å². The Morgan fingerprint density at radius 3 is 2.60 bits per heavy atom. The van der Waals surface area contributed by atoms with Gasteiger partial charge in [-0.05, 0) is 37.0 Å². The summed E-state index contributed by atoms with van der Waals surface area (Å²) >= 11 is 0. The number of benzene rings is 1. The zero-order valence-electron chi connectivity index (χ0n) is 14.7. The topological polar surface area (TPSA) is 76.0 Å². The number of nitrogens with one attached hydrogen (secondary N) is 2. The molecule has 0 radical (unpaired) electrons. The van der Waals surface area contributed by atoms with Crippen LogP contribution in [0.3, 0.4) is 0 Å². The Hall–Kier alpha value is -2.63. The van der Waals surface area contributed by atoms with Crippen LogP contribution in [0.15, 0.2) is 42.7 Å². The van der Waals surface area contributed by atoms with Gasteiger partial charge in [-0.2, -0.15) is 5.10 Å². The lowest BCUT2D eigenvalue weighted by molar-refractivity contribution is -0.121. The number of hydrogen-bond donors (Lipinski definition) is 2. The van der Waals surface area contributed by atoms with E-state index < -0.39 is 0 Å². The predicted octanol–water partition coefficient (Wildman–Crippen LogP) is 2.23. The third kappa shape index (κ3) is 7.20. The standard InChI is InChI=1S/C19H26N4O2/c1-16(24)20-12-7-3-6-10-19(25)21-13-11-17-14-22-23(15-17)18-8-4-2-5-9-18/h2,4-5,8-9,14-15H,3,6-7,10-13H2,1H3,(H,20,24)(H,21,25). The summed E-state index contributed by atoms with van der Waals surface area (Å²) in [7, 11) is 0. The second-order valence-electron chi connectivity index (χ2n) is 6.02. The van der Waals surface area contributed by atoms with Crippen molar-refractivity contribution < 1.29 is 9.59 Å². The number of rotatable bonds is 10. The lowest BCUT2D eigenvalue weighted by atomic mass is 10.2. The smallest absolute Gasteiger partial charge is 0.220 e. The molecule has 0 fully saturated rings. The van der Waals surface area contributed by atoms with E-state index in [-0.39, 0.29) is 11.8 Å². The van der Waals surface area contributed by atoms with Crippen molar-refractivity contribution in [3.05, 3.63) is 48.3 Å². The van der Waals surface area contributed by atoms with Crippen LogP contribution in [0, 0.1) is 0 Å². The van der Waals surface area contributed by atoms with Crippen molar-refractivity contribution in [1.82, 2.24) is 20.4 Å². The van der Waals surface area contributed by atoms with Crippen LogP contribution in [0.5, 0.6) is 0 Å². The van der Waals surface area contributed by atoms with Crippen LogP contribution in [-0.2, 0) is 16.0 Å². The van der Waals surface area contributed by atoms with E-state index in [2.05, 4.69) is 15.7 Å². The highest BCUT2D eigenvalue weighted by molar-refractivity contribution is 5.75. The van der Waals surface area contributed by atoms with Gasteiger partial charge < -0.3 is 10.6 Å². The van der Waals surface area contributed by atoms with E-state index in [9.17, 15) is 9.59 Å². The Kier molecular flexibility index (Phi) is 7.69. The SMILES string of the molecule is CC(=O)NCCCCCC(=O)NCCc1cnn(-c2ccccc2)c1. The summed E-state index contributed by atoms with van der Waals surface area (Å²) in [5, 5.41) is 10.0. The number of amides is 2. The fraction of sp³-hybridized carbons (Fsp3) is 0.421. The van der Waals surface area contributed by atoms with E-state index >= 15 is 0 Å². The highest BCUT2D eigenvalue weighted by Gasteiger charge is 2.03. The van der Waals surface area contributed by atoms with Crippen LogP contribution in [0.25, 0.3) is 5.69 Å². The molecule has 0 bridgehead atoms. The quantitative estimate of drug-likeness (QED) is 0.650. The lowest BCUT2D eigenvalue weighted by Gasteiger charge is -2.05. The molecule has 2 amide bonds. The summed E-state index contributed by atoms with van der Waals surface area (Å²) < 4.78 is 1.84. The molecule has 0 saturated heterocycles. The molecule has 0 spiro atoms. The summed E-state index contributed by atoms with van der Waals surface area (Å²) in [5.41, 5.74) is 2.12. The molecule has 0 unspecified atom stereocenters. The number of hydrogen-bond acceptors (Lipinski definition) is 3. The van der Waals surface area contributed by atoms with Gasteiger partial charge in [0.15, 0.2) is 0 Å². The van der Waals surface area contributed by atoms with E-state index in [4.69, 9.17) is 0 Å². The highest BCUT2D eigenvalue weighted by atomic mass is 16.2. The van der Waals surface area contributed by atoms with Crippen molar-refractivity contribution in [2.45, 2.75) is 39.0 Å². The van der Waals surface area contributed by atoms with Crippen LogP contribution in [0.4, 0.5) is 0 Å². The molecule has 0 atom stereocenters. The monoisotopic (exact) mass is 342 g/mol. The van der Waals surface area contributed by atoms with E-state index in [0.717, 1.165) is 36.9 Å². The highest BCUT2D eigenvalue weighted by Crippen LogP contribution is 2.07. The molecule has 6 nitrogen and oxygen atoms in total. The zero-order valence-corrected chi connectivity index (χ0v) is 14.7. The van der Waals surface area contributed by atoms with Crippen LogP contribution in [0.2, 0.25) is 0 Å². The lowest BCUT2D eigenvalue weighted by Crippen LogP contribution is -2.25. The summed E-state index contributed by atoms with van der Waals surface area (Å²) in [6.07, 6.45) is 7.82. The average molecular weight is 342 g/mol. The van der Waals surface area contributed by atoms with E-state index in [1.807, 2.05) is 47.4 Å². The van der Waals surface area contributed by atoms with Gasteiger partial charge >= 0.3 is 0 Å². The molecule has 25 heavy (non-hydrogen) atoms. The zero-order chi connectivity index (χ0) is 17.9. The molecular formula is C19H26N4O2. The van der Waals surface area contributed by atoms with E-state index in [1.165, 1.54) is 6.92 Å². The number of para-hydroxylation sites is 1. The Balaban J connectivity index is 1.59. The van der Waals surface area contributed by atoms with Crippen LogP contribution in [-0.4, -0.2) is 34.7 Å². The average Bonchev–Trinajstić information content (AvgIpc) is 3.07. The minimum absolute atomic E-state index is 0.00618. The van der Waals surface area contributed by atoms with Crippen LogP contribution >= 0.6 is 0 Å². The molecule has 1 aromatic carbocycles. The van der Waals surface area contributed by atoms with Gasteiger partial charge in [-0.3, -0.25) is 9.59 Å². The number of unbranched alkanes of at least 4 members (excludes halogenated alkanes) is 2. The Bertz CT molecular complexity index is 667. The second-order valence-corrected chi connectivity index (χ2v) is 6.02. The maximum absolute atomic E-state index is 11.8. The molecule has 0 aliphatic rings. The van der Waals surface area contributed by atoms with E-state index in [1.54, 1.807) is 0 Å². The fourth-order valence-corrected chi connectivity index (χ4v) is 2.50. The molecule has 6 heteroatoms. The minimum atomic E-state index is -0.00618. The van der Waals surface area contributed by atoms with Gasteiger partial charge in [0.1, 0.15) is 0 Å². The van der Waals surface area contributed by atoms with Crippen molar-refractivity contribution in [1.29, 1.82) is 0 Å². The number of carbonyl (C=O) groups is 2. The third-order valence-corrected chi connectivity index (χ3v) is 3.85. The molecule has 2 rings (SSSR count). The van der Waals surface area contributed by atoms with Gasteiger partial charge in [-0.15, -0.1) is 0 Å². The number of carbonyl (C=O) groups excluding carboxylic acids is 2. The van der Waals surface area contributed by atoms with Gasteiger partial charge in [0.2, 0.25) is 11.8 Å². The minimum Gasteiger partial charge on any atom is -0.356 e. The molecule has 1 heterocycles. The Labute approximate surface area is 148 Å². The predicted molar refractivity (Wildman–Crippen MR) is 97.4 cm³/mol. The third-order valence-electron chi connectivity index (χ3n) is 3.85. The maximum Gasteiger partial charge on any atom is 0.220 e. The van der Waals surface area contributed by atoms with Gasteiger partial charge in [0.05, 0.1) is 11.9 Å². The van der Waals surface area contributed by atoms with Crippen molar-refractivity contribution in [3.8, 4) is 5.69 Å². The normalized spacial score (nSPS) is 10.4. The molecule has 2 aromatic rings. The molecule has 2 N–H and O–H groups in total. The summed E-state index contributed by atoms with van der Waals surface area (Å²) in [6.45, 7) is 2.81. The molecular weight excluding hydrogens is 316 g/mol. The molecule has 0 aliphatic heterocycles. The number of nitrogens with zero attached hydrogens (tertiary/aromatic N) is 2. The van der Waals surface area contributed by atoms with Crippen molar-refractivity contribution in [3.63, 3.8) is 0 Å². The Morgan fingerprint density at radius 2 is 1.84 bits per heavy atom. The summed E-state index contributed by atoms with van der Waals surface area (Å²) in [4.78, 5) is 22.5. The first-order valence-electron chi connectivity index (χ1n) is 8.75. The van der Waals surface area contributed by atoms with Gasteiger partial charge in [0.25, 0.3) is 0 Å². The largest absolute Gasteiger partial charge is 0.356 e. The summed E-state index contributed by atoms with van der Waals surface area (Å²) in [5.74, 6) is 0.0725. The van der Waals surface area contributed by atoms with Crippen molar-refractivity contribution >= 4 is 11.8 Å². The first-order chi connectivity index (χ1) is 12.1. The second kappa shape index (κ2) is 10.3. The molecule has 134 valence electrons. The molecule has 1 aromatic heterocycles. The first-order valence-corrected chi connectivity index (χ1v) is 8.75. The maximum atomic E-state index is 11.8. The summed E-state index contributed by atoms with van der Waals surface area (Å²) in [6, 6.07) is 9.94. The van der Waals surface area contributed by atoms with Crippen molar-refractivity contribution in [2.24, 2.45) is 0 Å².